The molecule has 1 fully saturated rings. The van der Waals surface area contributed by atoms with Gasteiger partial charge >= 0.3 is 0 Å². The van der Waals surface area contributed by atoms with E-state index in [1.165, 1.54) is 12.3 Å². The zero-order valence-electron chi connectivity index (χ0n) is 7.38. The molecule has 0 bridgehead atoms. The lowest BCUT2D eigenvalue weighted by Crippen LogP contribution is -2.61. The first kappa shape index (κ1) is 8.44. The molecule has 0 atom stereocenters. The molecule has 0 unspecified atom stereocenters. The van der Waals surface area contributed by atoms with Gasteiger partial charge in [0.1, 0.15) is 11.4 Å². The fourth-order valence-electron chi connectivity index (χ4n) is 1.26. The maximum Gasteiger partial charge on any atom is 0.213 e. The Morgan fingerprint density at radius 1 is 1.54 bits per heavy atom. The number of hydrogen-bond acceptors (Lipinski definition) is 3. The lowest BCUT2D eigenvalue weighted by Gasteiger charge is -2.39. The molecule has 3 nitrogen and oxygen atoms in total. The molecule has 13 heavy (non-hydrogen) atoms. The van der Waals surface area contributed by atoms with Gasteiger partial charge in [-0.1, -0.05) is 0 Å². The van der Waals surface area contributed by atoms with Gasteiger partial charge in [-0.3, -0.25) is 0 Å². The van der Waals surface area contributed by atoms with Gasteiger partial charge in [0.15, 0.2) is 0 Å². The van der Waals surface area contributed by atoms with Crippen molar-refractivity contribution in [2.45, 2.75) is 12.5 Å². The SMILES string of the molecule is CC1(Oc2ccc(F)nc2)CNC1. The Bertz CT molecular complexity index is 295. The fraction of sp³-hybridized carbons (Fsp3) is 0.444. The summed E-state index contributed by atoms with van der Waals surface area (Å²) in [5.41, 5.74) is -0.153. The van der Waals surface area contributed by atoms with E-state index in [4.69, 9.17) is 4.74 Å². The maximum atomic E-state index is 12.4. The number of hydrogen-bond donors (Lipinski definition) is 1. The van der Waals surface area contributed by atoms with Crippen LogP contribution in [0.1, 0.15) is 6.92 Å². The van der Waals surface area contributed by atoms with Crippen LogP contribution in [0.25, 0.3) is 0 Å². The van der Waals surface area contributed by atoms with Crippen molar-refractivity contribution in [3.05, 3.63) is 24.3 Å². The van der Waals surface area contributed by atoms with Crippen LogP contribution in [0.5, 0.6) is 5.75 Å². The average molecular weight is 182 g/mol. The molecule has 1 aromatic rings. The van der Waals surface area contributed by atoms with E-state index in [0.29, 0.717) is 5.75 Å². The van der Waals surface area contributed by atoms with E-state index in [1.54, 1.807) is 6.07 Å². The van der Waals surface area contributed by atoms with Gasteiger partial charge in [0, 0.05) is 13.1 Å². The predicted molar refractivity (Wildman–Crippen MR) is 46.1 cm³/mol. The van der Waals surface area contributed by atoms with Crippen LogP contribution in [-0.2, 0) is 0 Å². The first-order valence-electron chi connectivity index (χ1n) is 4.19. The molecule has 0 spiro atoms. The molecular formula is C9H11FN2O. The molecular weight excluding hydrogens is 171 g/mol. The Hall–Kier alpha value is -1.16. The number of halogens is 1. The summed E-state index contributed by atoms with van der Waals surface area (Å²) >= 11 is 0. The van der Waals surface area contributed by atoms with Crippen LogP contribution in [0.2, 0.25) is 0 Å². The number of ether oxygens (including phenoxy) is 1. The van der Waals surface area contributed by atoms with Crippen molar-refractivity contribution in [3.8, 4) is 5.75 Å². The van der Waals surface area contributed by atoms with Crippen molar-refractivity contribution in [1.29, 1.82) is 0 Å². The van der Waals surface area contributed by atoms with Crippen molar-refractivity contribution in [3.63, 3.8) is 0 Å². The van der Waals surface area contributed by atoms with Crippen LogP contribution in [0, 0.1) is 5.95 Å². The number of pyridine rings is 1. The van der Waals surface area contributed by atoms with Crippen LogP contribution in [-0.4, -0.2) is 23.7 Å². The zero-order valence-corrected chi connectivity index (χ0v) is 7.38. The first-order chi connectivity index (χ1) is 6.18. The van der Waals surface area contributed by atoms with E-state index in [9.17, 15) is 4.39 Å². The third-order valence-corrected chi connectivity index (χ3v) is 2.06. The van der Waals surface area contributed by atoms with E-state index in [-0.39, 0.29) is 5.60 Å². The smallest absolute Gasteiger partial charge is 0.213 e. The summed E-state index contributed by atoms with van der Waals surface area (Å²) in [6, 6.07) is 2.89. The lowest BCUT2D eigenvalue weighted by atomic mass is 10.0. The van der Waals surface area contributed by atoms with Crippen LogP contribution >= 0.6 is 0 Å². The average Bonchev–Trinajstić information content (AvgIpc) is 2.06. The summed E-state index contributed by atoms with van der Waals surface area (Å²) in [6.07, 6.45) is 1.40. The second kappa shape index (κ2) is 2.96. The highest BCUT2D eigenvalue weighted by Crippen LogP contribution is 2.20. The molecule has 2 heterocycles. The molecule has 2 rings (SSSR count). The van der Waals surface area contributed by atoms with Gasteiger partial charge in [0.05, 0.1) is 6.20 Å². The molecule has 0 saturated carbocycles. The van der Waals surface area contributed by atoms with Crippen LogP contribution in [0.3, 0.4) is 0 Å². The highest BCUT2D eigenvalue weighted by Gasteiger charge is 2.33. The lowest BCUT2D eigenvalue weighted by molar-refractivity contribution is 0.0344. The largest absolute Gasteiger partial charge is 0.483 e. The van der Waals surface area contributed by atoms with E-state index in [0.717, 1.165) is 13.1 Å². The van der Waals surface area contributed by atoms with Gasteiger partial charge in [-0.25, -0.2) is 4.98 Å². The summed E-state index contributed by atoms with van der Waals surface area (Å²) in [5, 5.41) is 3.11. The topological polar surface area (TPSA) is 34.1 Å². The molecule has 1 aliphatic heterocycles. The van der Waals surface area contributed by atoms with Crippen LogP contribution in [0.4, 0.5) is 4.39 Å². The third-order valence-electron chi connectivity index (χ3n) is 2.06. The minimum Gasteiger partial charge on any atom is -0.483 e. The number of aromatic nitrogens is 1. The third kappa shape index (κ3) is 1.78. The van der Waals surface area contributed by atoms with Crippen molar-refractivity contribution in [1.82, 2.24) is 10.3 Å². The normalized spacial score (nSPS) is 19.2. The molecule has 0 aromatic carbocycles. The number of nitrogens with zero attached hydrogens (tertiary/aromatic N) is 1. The molecule has 0 amide bonds. The summed E-state index contributed by atoms with van der Waals surface area (Å²) < 4.78 is 18.0. The van der Waals surface area contributed by atoms with Gasteiger partial charge in [-0.05, 0) is 19.1 Å². The minimum atomic E-state index is -0.482. The van der Waals surface area contributed by atoms with E-state index < -0.39 is 5.95 Å². The summed E-state index contributed by atoms with van der Waals surface area (Å²) in [4.78, 5) is 3.51. The second-order valence-electron chi connectivity index (χ2n) is 3.47. The molecule has 0 radical (unpaired) electrons. The van der Waals surface area contributed by atoms with Gasteiger partial charge in [0.2, 0.25) is 5.95 Å². The summed E-state index contributed by atoms with van der Waals surface area (Å²) in [5.74, 6) is 0.134. The standard InChI is InChI=1S/C9H11FN2O/c1-9(5-11-6-9)13-7-2-3-8(10)12-4-7/h2-4,11H,5-6H2,1H3. The summed E-state index contributed by atoms with van der Waals surface area (Å²) in [6.45, 7) is 3.65. The van der Waals surface area contributed by atoms with Gasteiger partial charge in [-0.15, -0.1) is 0 Å². The minimum absolute atomic E-state index is 0.153. The number of rotatable bonds is 2. The maximum absolute atomic E-state index is 12.4. The summed E-state index contributed by atoms with van der Waals surface area (Å²) in [7, 11) is 0. The number of nitrogens with one attached hydrogen (secondary N) is 1. The molecule has 1 aromatic heterocycles. The van der Waals surface area contributed by atoms with E-state index in [1.807, 2.05) is 6.92 Å². The van der Waals surface area contributed by atoms with Crippen molar-refractivity contribution >= 4 is 0 Å². The van der Waals surface area contributed by atoms with Crippen LogP contribution in [0.15, 0.2) is 18.3 Å². The molecule has 70 valence electrons. The van der Waals surface area contributed by atoms with E-state index in [2.05, 4.69) is 10.3 Å². The molecule has 1 N–H and O–H groups in total. The molecule has 1 aliphatic rings. The van der Waals surface area contributed by atoms with Crippen molar-refractivity contribution in [2.24, 2.45) is 0 Å². The molecule has 4 heteroatoms. The predicted octanol–water partition coefficient (Wildman–Crippen LogP) is 0.961. The zero-order chi connectivity index (χ0) is 9.31. The van der Waals surface area contributed by atoms with E-state index >= 15 is 0 Å². The molecule has 0 aliphatic carbocycles. The molecule has 1 saturated heterocycles. The van der Waals surface area contributed by atoms with Gasteiger partial charge < -0.3 is 10.1 Å². The highest BCUT2D eigenvalue weighted by molar-refractivity contribution is 5.18. The highest BCUT2D eigenvalue weighted by atomic mass is 19.1. The second-order valence-corrected chi connectivity index (χ2v) is 3.47. The monoisotopic (exact) mass is 182 g/mol. The Kier molecular flexibility index (Phi) is 1.92. The van der Waals surface area contributed by atoms with Crippen molar-refractivity contribution in [2.75, 3.05) is 13.1 Å². The quantitative estimate of drug-likeness (QED) is 0.692. The Morgan fingerprint density at radius 3 is 2.77 bits per heavy atom. The first-order valence-corrected chi connectivity index (χ1v) is 4.19. The Morgan fingerprint density at radius 2 is 2.31 bits per heavy atom. The Balaban J connectivity index is 2.05. The van der Waals surface area contributed by atoms with Gasteiger partial charge in [-0.2, -0.15) is 4.39 Å². The van der Waals surface area contributed by atoms with Gasteiger partial charge in [0.25, 0.3) is 0 Å². The van der Waals surface area contributed by atoms with Crippen LogP contribution < -0.4 is 10.1 Å². The fourth-order valence-corrected chi connectivity index (χ4v) is 1.26. The Labute approximate surface area is 75.9 Å². The van der Waals surface area contributed by atoms with Crippen molar-refractivity contribution < 1.29 is 9.13 Å².